The molecule has 0 fully saturated rings. The molecule has 0 radical (unpaired) electrons. The highest BCUT2D eigenvalue weighted by atomic mass is 16.5. The van der Waals surface area contributed by atoms with Gasteiger partial charge in [0.2, 0.25) is 0 Å². The summed E-state index contributed by atoms with van der Waals surface area (Å²) < 4.78 is 5.19. The number of ketones is 1. The summed E-state index contributed by atoms with van der Waals surface area (Å²) in [5.74, 6) is 0.815. The lowest BCUT2D eigenvalue weighted by Gasteiger charge is -2.19. The number of rotatable bonds is 11. The number of nitrogens with two attached hydrogens (primary N) is 1. The molecular weight excluding hydrogens is 372 g/mol. The van der Waals surface area contributed by atoms with E-state index in [9.17, 15) is 4.79 Å². The van der Waals surface area contributed by atoms with Gasteiger partial charge in [-0.25, -0.2) is 0 Å². The van der Waals surface area contributed by atoms with Crippen molar-refractivity contribution in [2.75, 3.05) is 20.2 Å². The molecule has 0 unspecified atom stereocenters. The molecule has 0 aliphatic heterocycles. The lowest BCUT2D eigenvalue weighted by molar-refractivity contribution is 0.100. The Balaban J connectivity index is 2.16. The number of aliphatic imine (C=N–C) groups is 1. The van der Waals surface area contributed by atoms with Crippen LogP contribution in [0.25, 0.3) is 0 Å². The summed E-state index contributed by atoms with van der Waals surface area (Å²) in [7, 11) is 1.62. The van der Waals surface area contributed by atoms with Gasteiger partial charge >= 0.3 is 0 Å². The normalized spacial score (nSPS) is 12.1. The molecule has 0 bridgehead atoms. The van der Waals surface area contributed by atoms with Gasteiger partial charge in [-0.05, 0) is 60.2 Å². The summed E-state index contributed by atoms with van der Waals surface area (Å²) in [6.45, 7) is 8.07. The quantitative estimate of drug-likeness (QED) is 0.300. The first-order valence-corrected chi connectivity index (χ1v) is 10.9. The Kier molecular flexibility index (Phi) is 9.25. The minimum atomic E-state index is 0.0689. The fourth-order valence-corrected chi connectivity index (χ4v) is 3.27. The fraction of sp³-hybridized carbons (Fsp3) is 0.462. The smallest absolute Gasteiger partial charge is 0.168 e. The summed E-state index contributed by atoms with van der Waals surface area (Å²) in [5, 5.41) is 0. The maximum Gasteiger partial charge on any atom is 0.168 e. The van der Waals surface area contributed by atoms with Crippen LogP contribution in [0.4, 0.5) is 0 Å². The fourth-order valence-electron chi connectivity index (χ4n) is 3.27. The standard InChI is InChI=1S/C26H36N2O2/c1-26(2,3)22-13-9-20(10-14-22)24(28-18-8-6-5-7-17-27)19-25(29)21-11-15-23(30-4)16-12-21/h9-16H,5-8,17-19,27H2,1-4H3/b28-24-. The van der Waals surface area contributed by atoms with Crippen molar-refractivity contribution in [2.24, 2.45) is 10.7 Å². The Morgan fingerprint density at radius 3 is 2.07 bits per heavy atom. The van der Waals surface area contributed by atoms with Gasteiger partial charge in [0.25, 0.3) is 0 Å². The second kappa shape index (κ2) is 11.7. The number of methoxy groups -OCH3 is 1. The van der Waals surface area contributed by atoms with Crippen LogP contribution in [0.3, 0.4) is 0 Å². The monoisotopic (exact) mass is 408 g/mol. The number of unbranched alkanes of at least 4 members (excludes halogenated alkanes) is 3. The van der Waals surface area contributed by atoms with Gasteiger partial charge < -0.3 is 10.5 Å². The second-order valence-corrected chi connectivity index (χ2v) is 8.69. The SMILES string of the molecule is COc1ccc(C(=O)C/C(=N/CCCCCCN)c2ccc(C(C)(C)C)cc2)cc1. The van der Waals surface area contributed by atoms with Crippen molar-refractivity contribution in [1.82, 2.24) is 0 Å². The average molecular weight is 409 g/mol. The van der Waals surface area contributed by atoms with E-state index in [0.29, 0.717) is 12.0 Å². The van der Waals surface area contributed by atoms with E-state index in [-0.39, 0.29) is 11.2 Å². The van der Waals surface area contributed by atoms with E-state index < -0.39 is 0 Å². The van der Waals surface area contributed by atoms with E-state index in [1.54, 1.807) is 7.11 Å². The molecule has 0 aromatic heterocycles. The summed E-state index contributed by atoms with van der Waals surface area (Å²) in [5.41, 5.74) is 9.49. The number of hydrogen-bond acceptors (Lipinski definition) is 4. The first-order valence-electron chi connectivity index (χ1n) is 10.9. The zero-order valence-electron chi connectivity index (χ0n) is 18.9. The Bertz CT molecular complexity index is 816. The minimum Gasteiger partial charge on any atom is -0.497 e. The van der Waals surface area contributed by atoms with E-state index in [0.717, 1.165) is 55.8 Å². The van der Waals surface area contributed by atoms with Crippen LogP contribution >= 0.6 is 0 Å². The van der Waals surface area contributed by atoms with E-state index in [2.05, 4.69) is 45.0 Å². The zero-order chi connectivity index (χ0) is 22.0. The van der Waals surface area contributed by atoms with Crippen LogP contribution < -0.4 is 10.5 Å². The molecule has 0 aliphatic carbocycles. The van der Waals surface area contributed by atoms with Crippen LogP contribution in [-0.4, -0.2) is 31.7 Å². The molecule has 2 N–H and O–H groups in total. The minimum absolute atomic E-state index is 0.0689. The summed E-state index contributed by atoms with van der Waals surface area (Å²) in [6.07, 6.45) is 4.61. The van der Waals surface area contributed by atoms with Crippen molar-refractivity contribution in [3.63, 3.8) is 0 Å². The van der Waals surface area contributed by atoms with E-state index >= 15 is 0 Å². The van der Waals surface area contributed by atoms with E-state index in [1.165, 1.54) is 5.56 Å². The Morgan fingerprint density at radius 1 is 0.900 bits per heavy atom. The van der Waals surface area contributed by atoms with Gasteiger partial charge in [0.15, 0.2) is 5.78 Å². The summed E-state index contributed by atoms with van der Waals surface area (Å²) in [6, 6.07) is 15.7. The first-order chi connectivity index (χ1) is 14.3. The van der Waals surface area contributed by atoms with Crippen molar-refractivity contribution < 1.29 is 9.53 Å². The van der Waals surface area contributed by atoms with Crippen molar-refractivity contribution >= 4 is 11.5 Å². The molecular formula is C26H36N2O2. The molecule has 0 spiro atoms. The summed E-state index contributed by atoms with van der Waals surface area (Å²) in [4.78, 5) is 17.7. The van der Waals surface area contributed by atoms with Gasteiger partial charge in [-0.2, -0.15) is 0 Å². The van der Waals surface area contributed by atoms with Gasteiger partial charge in [0.1, 0.15) is 5.75 Å². The Labute approximate surface area is 181 Å². The van der Waals surface area contributed by atoms with Crippen molar-refractivity contribution in [2.45, 2.75) is 58.3 Å². The van der Waals surface area contributed by atoms with Crippen LogP contribution in [0.5, 0.6) is 5.75 Å². The molecule has 0 amide bonds. The van der Waals surface area contributed by atoms with Crippen molar-refractivity contribution in [3.8, 4) is 5.75 Å². The van der Waals surface area contributed by atoms with Crippen LogP contribution in [-0.2, 0) is 5.41 Å². The highest BCUT2D eigenvalue weighted by molar-refractivity contribution is 6.15. The highest BCUT2D eigenvalue weighted by Gasteiger charge is 2.16. The number of carbonyl (C=O) groups is 1. The Morgan fingerprint density at radius 2 is 1.50 bits per heavy atom. The Hall–Kier alpha value is -2.46. The second-order valence-electron chi connectivity index (χ2n) is 8.69. The van der Waals surface area contributed by atoms with Gasteiger partial charge in [0.05, 0.1) is 13.5 Å². The molecule has 2 aromatic rings. The highest BCUT2D eigenvalue weighted by Crippen LogP contribution is 2.23. The zero-order valence-corrected chi connectivity index (χ0v) is 18.9. The number of carbonyl (C=O) groups excluding carboxylic acids is 1. The topological polar surface area (TPSA) is 64.7 Å². The van der Waals surface area contributed by atoms with Gasteiger partial charge in [-0.1, -0.05) is 57.9 Å². The third-order valence-electron chi connectivity index (χ3n) is 5.24. The molecule has 162 valence electrons. The molecule has 4 nitrogen and oxygen atoms in total. The van der Waals surface area contributed by atoms with E-state index in [4.69, 9.17) is 15.5 Å². The number of hydrogen-bond donors (Lipinski definition) is 1. The van der Waals surface area contributed by atoms with Crippen LogP contribution in [0.1, 0.15) is 74.4 Å². The lowest BCUT2D eigenvalue weighted by atomic mass is 9.86. The third kappa shape index (κ3) is 7.42. The predicted octanol–water partition coefficient (Wildman–Crippen LogP) is 5.57. The van der Waals surface area contributed by atoms with Crippen molar-refractivity contribution in [3.05, 3.63) is 65.2 Å². The average Bonchev–Trinajstić information content (AvgIpc) is 2.74. The molecule has 0 heterocycles. The predicted molar refractivity (Wildman–Crippen MR) is 126 cm³/mol. The lowest BCUT2D eigenvalue weighted by Crippen LogP contribution is -2.13. The number of nitrogens with zero attached hydrogens (tertiary/aromatic N) is 1. The number of benzene rings is 2. The first kappa shape index (κ1) is 23.8. The van der Waals surface area contributed by atoms with Crippen molar-refractivity contribution in [1.29, 1.82) is 0 Å². The van der Waals surface area contributed by atoms with Crippen LogP contribution in [0.2, 0.25) is 0 Å². The van der Waals surface area contributed by atoms with Gasteiger partial charge in [0, 0.05) is 17.8 Å². The maximum atomic E-state index is 12.9. The molecule has 2 rings (SSSR count). The summed E-state index contributed by atoms with van der Waals surface area (Å²) >= 11 is 0. The molecule has 2 aromatic carbocycles. The van der Waals surface area contributed by atoms with Gasteiger partial charge in [-0.3, -0.25) is 9.79 Å². The molecule has 0 saturated carbocycles. The maximum absolute atomic E-state index is 12.9. The number of ether oxygens (including phenoxy) is 1. The largest absolute Gasteiger partial charge is 0.497 e. The van der Waals surface area contributed by atoms with Gasteiger partial charge in [-0.15, -0.1) is 0 Å². The molecule has 0 atom stereocenters. The van der Waals surface area contributed by atoms with E-state index in [1.807, 2.05) is 24.3 Å². The van der Waals surface area contributed by atoms with Crippen LogP contribution in [0, 0.1) is 0 Å². The molecule has 0 aliphatic rings. The third-order valence-corrected chi connectivity index (χ3v) is 5.24. The number of Topliss-reactive ketones (excluding diaryl/α,β-unsaturated/α-hetero) is 1. The molecule has 0 saturated heterocycles. The van der Waals surface area contributed by atoms with Crippen LogP contribution in [0.15, 0.2) is 53.5 Å². The molecule has 30 heavy (non-hydrogen) atoms. The molecule has 4 heteroatoms.